The summed E-state index contributed by atoms with van der Waals surface area (Å²) in [6, 6.07) is 12.5. The maximum Gasteiger partial charge on any atom is 0.146 e. The summed E-state index contributed by atoms with van der Waals surface area (Å²) in [5, 5.41) is 10.1. The zero-order chi connectivity index (χ0) is 17.6. The molecule has 26 heavy (non-hydrogen) atoms. The number of hydrogen-bond acceptors (Lipinski definition) is 4. The SMILES string of the molecule is Cl.OC(COc1ccc(F)cc1)CN1CCN(c2ccccc2F)CC1. The van der Waals surface area contributed by atoms with Gasteiger partial charge in [-0.1, -0.05) is 12.1 Å². The Kier molecular flexibility index (Phi) is 7.63. The second kappa shape index (κ2) is 9.71. The monoisotopic (exact) mass is 384 g/mol. The van der Waals surface area contributed by atoms with E-state index in [4.69, 9.17) is 4.74 Å². The Balaban J connectivity index is 0.00000243. The van der Waals surface area contributed by atoms with E-state index >= 15 is 0 Å². The van der Waals surface area contributed by atoms with Crippen molar-refractivity contribution in [3.8, 4) is 5.75 Å². The van der Waals surface area contributed by atoms with E-state index in [1.165, 1.54) is 30.3 Å². The molecule has 142 valence electrons. The lowest BCUT2D eigenvalue weighted by Crippen LogP contribution is -2.49. The Labute approximate surface area is 158 Å². The average molecular weight is 385 g/mol. The fourth-order valence-corrected chi connectivity index (χ4v) is 2.95. The number of ether oxygens (including phenoxy) is 1. The Morgan fingerprint density at radius 2 is 1.62 bits per heavy atom. The third-order valence-electron chi connectivity index (χ3n) is 4.29. The van der Waals surface area contributed by atoms with Gasteiger partial charge in [-0.25, -0.2) is 8.78 Å². The summed E-state index contributed by atoms with van der Waals surface area (Å²) in [5.41, 5.74) is 0.627. The molecule has 1 N–H and O–H groups in total. The molecule has 2 aromatic rings. The molecule has 0 radical (unpaired) electrons. The molecule has 1 fully saturated rings. The Morgan fingerprint density at radius 1 is 0.962 bits per heavy atom. The topological polar surface area (TPSA) is 35.9 Å². The van der Waals surface area contributed by atoms with Crippen molar-refractivity contribution < 1.29 is 18.6 Å². The van der Waals surface area contributed by atoms with Gasteiger partial charge >= 0.3 is 0 Å². The van der Waals surface area contributed by atoms with Crippen molar-refractivity contribution in [3.63, 3.8) is 0 Å². The second-order valence-electron chi connectivity index (χ2n) is 6.16. The van der Waals surface area contributed by atoms with Crippen molar-refractivity contribution in [3.05, 3.63) is 60.2 Å². The van der Waals surface area contributed by atoms with E-state index in [1.807, 2.05) is 11.0 Å². The number of piperazine rings is 1. The highest BCUT2D eigenvalue weighted by atomic mass is 35.5. The molecule has 0 spiro atoms. The van der Waals surface area contributed by atoms with Crippen LogP contribution in [0.15, 0.2) is 48.5 Å². The molecule has 7 heteroatoms. The van der Waals surface area contributed by atoms with Crippen LogP contribution < -0.4 is 9.64 Å². The van der Waals surface area contributed by atoms with Crippen LogP contribution in [0.3, 0.4) is 0 Å². The van der Waals surface area contributed by atoms with E-state index in [1.54, 1.807) is 12.1 Å². The van der Waals surface area contributed by atoms with Gasteiger partial charge in [0.25, 0.3) is 0 Å². The number of hydrogen-bond donors (Lipinski definition) is 1. The summed E-state index contributed by atoms with van der Waals surface area (Å²) in [7, 11) is 0. The maximum absolute atomic E-state index is 13.8. The lowest BCUT2D eigenvalue weighted by molar-refractivity contribution is 0.0662. The Bertz CT molecular complexity index is 679. The fraction of sp³-hybridized carbons (Fsp3) is 0.368. The Morgan fingerprint density at radius 3 is 2.27 bits per heavy atom. The van der Waals surface area contributed by atoms with Crippen molar-refractivity contribution in [1.29, 1.82) is 0 Å². The van der Waals surface area contributed by atoms with E-state index in [9.17, 15) is 13.9 Å². The number of benzene rings is 2. The summed E-state index contributed by atoms with van der Waals surface area (Å²) in [6.07, 6.45) is -0.634. The molecule has 2 aromatic carbocycles. The van der Waals surface area contributed by atoms with Gasteiger partial charge in [-0.15, -0.1) is 12.4 Å². The van der Waals surface area contributed by atoms with Gasteiger partial charge in [0.1, 0.15) is 30.1 Å². The first-order valence-electron chi connectivity index (χ1n) is 8.40. The van der Waals surface area contributed by atoms with Gasteiger partial charge in [0.2, 0.25) is 0 Å². The molecular formula is C19H23ClF2N2O2. The molecule has 0 aliphatic carbocycles. The molecule has 1 atom stereocenters. The van der Waals surface area contributed by atoms with E-state index in [2.05, 4.69) is 4.90 Å². The molecule has 0 bridgehead atoms. The van der Waals surface area contributed by atoms with Gasteiger partial charge < -0.3 is 14.7 Å². The van der Waals surface area contributed by atoms with E-state index in [0.717, 1.165) is 13.1 Å². The smallest absolute Gasteiger partial charge is 0.146 e. The van der Waals surface area contributed by atoms with Gasteiger partial charge in [-0.3, -0.25) is 4.90 Å². The van der Waals surface area contributed by atoms with Crippen LogP contribution in [-0.2, 0) is 0 Å². The van der Waals surface area contributed by atoms with Crippen molar-refractivity contribution in [2.75, 3.05) is 44.2 Å². The van der Waals surface area contributed by atoms with Crippen molar-refractivity contribution in [1.82, 2.24) is 4.90 Å². The summed E-state index contributed by atoms with van der Waals surface area (Å²) >= 11 is 0. The average Bonchev–Trinajstić information content (AvgIpc) is 2.62. The number of β-amino-alcohol motifs (C(OH)–C–C–N with tert-alkyl or cyclic N) is 1. The summed E-state index contributed by atoms with van der Waals surface area (Å²) in [4.78, 5) is 4.16. The third kappa shape index (κ3) is 5.56. The van der Waals surface area contributed by atoms with Crippen LogP contribution in [-0.4, -0.2) is 55.4 Å². The lowest BCUT2D eigenvalue weighted by Gasteiger charge is -2.36. The van der Waals surface area contributed by atoms with Gasteiger partial charge in [-0.05, 0) is 36.4 Å². The Hall–Kier alpha value is -1.89. The van der Waals surface area contributed by atoms with Gasteiger partial charge in [-0.2, -0.15) is 0 Å². The molecule has 3 rings (SSSR count). The summed E-state index contributed by atoms with van der Waals surface area (Å²) in [5.74, 6) is 0.00845. The molecule has 0 amide bonds. The highest BCUT2D eigenvalue weighted by Gasteiger charge is 2.21. The van der Waals surface area contributed by atoms with Crippen LogP contribution in [0, 0.1) is 11.6 Å². The number of rotatable bonds is 6. The van der Waals surface area contributed by atoms with E-state index in [-0.39, 0.29) is 30.6 Å². The quantitative estimate of drug-likeness (QED) is 0.830. The first-order chi connectivity index (χ1) is 12.1. The molecule has 1 aliphatic heterocycles. The number of halogens is 3. The molecule has 4 nitrogen and oxygen atoms in total. The number of para-hydroxylation sites is 1. The first-order valence-corrected chi connectivity index (χ1v) is 8.40. The minimum Gasteiger partial charge on any atom is -0.491 e. The zero-order valence-corrected chi connectivity index (χ0v) is 15.2. The zero-order valence-electron chi connectivity index (χ0n) is 14.4. The van der Waals surface area contributed by atoms with Gasteiger partial charge in [0.15, 0.2) is 0 Å². The summed E-state index contributed by atoms with van der Waals surface area (Å²) < 4.78 is 32.1. The fourth-order valence-electron chi connectivity index (χ4n) is 2.95. The second-order valence-corrected chi connectivity index (χ2v) is 6.16. The predicted octanol–water partition coefficient (Wildman–Crippen LogP) is 2.95. The van der Waals surface area contributed by atoms with Gasteiger partial charge in [0.05, 0.1) is 5.69 Å². The number of nitrogens with zero attached hydrogens (tertiary/aromatic N) is 2. The van der Waals surface area contributed by atoms with Crippen LogP contribution in [0.4, 0.5) is 14.5 Å². The minimum absolute atomic E-state index is 0. The predicted molar refractivity (Wildman–Crippen MR) is 100 cm³/mol. The normalized spacial score (nSPS) is 16.0. The molecule has 1 heterocycles. The molecule has 0 saturated carbocycles. The van der Waals surface area contributed by atoms with E-state index in [0.29, 0.717) is 31.1 Å². The van der Waals surface area contributed by atoms with Crippen molar-refractivity contribution in [2.24, 2.45) is 0 Å². The van der Waals surface area contributed by atoms with Crippen molar-refractivity contribution >= 4 is 18.1 Å². The molecule has 1 saturated heterocycles. The number of aliphatic hydroxyl groups is 1. The highest BCUT2D eigenvalue weighted by Crippen LogP contribution is 2.20. The van der Waals surface area contributed by atoms with Crippen molar-refractivity contribution in [2.45, 2.75) is 6.10 Å². The van der Waals surface area contributed by atoms with Crippen LogP contribution >= 0.6 is 12.4 Å². The number of aliphatic hydroxyl groups excluding tert-OH is 1. The number of anilines is 1. The van der Waals surface area contributed by atoms with Crippen LogP contribution in [0.1, 0.15) is 0 Å². The third-order valence-corrected chi connectivity index (χ3v) is 4.29. The van der Waals surface area contributed by atoms with Crippen LogP contribution in [0.25, 0.3) is 0 Å². The van der Waals surface area contributed by atoms with Crippen LogP contribution in [0.5, 0.6) is 5.75 Å². The lowest BCUT2D eigenvalue weighted by atomic mass is 10.2. The van der Waals surface area contributed by atoms with E-state index < -0.39 is 6.10 Å². The molecular weight excluding hydrogens is 362 g/mol. The standard InChI is InChI=1S/C19H22F2N2O2.ClH/c20-15-5-7-17(8-6-15)25-14-16(24)13-22-9-11-23(12-10-22)19-4-2-1-3-18(19)21;/h1-8,16,24H,9-14H2;1H. The maximum atomic E-state index is 13.8. The van der Waals surface area contributed by atoms with Gasteiger partial charge in [0, 0.05) is 32.7 Å². The minimum atomic E-state index is -0.634. The van der Waals surface area contributed by atoms with Crippen LogP contribution in [0.2, 0.25) is 0 Å². The molecule has 1 aliphatic rings. The summed E-state index contributed by atoms with van der Waals surface area (Å²) in [6.45, 7) is 3.58. The largest absolute Gasteiger partial charge is 0.491 e. The highest BCUT2D eigenvalue weighted by molar-refractivity contribution is 5.85. The molecule has 0 aromatic heterocycles. The first kappa shape index (κ1) is 20.4. The molecule has 1 unspecified atom stereocenters.